The molecule has 178 valence electrons. The van der Waals surface area contributed by atoms with Gasteiger partial charge in [-0.3, -0.25) is 20.4 Å². The Balaban J connectivity index is 1.49. The summed E-state index contributed by atoms with van der Waals surface area (Å²) in [5.41, 5.74) is 6.94. The van der Waals surface area contributed by atoms with Gasteiger partial charge < -0.3 is 0 Å². The van der Waals surface area contributed by atoms with Crippen LogP contribution in [0.1, 0.15) is 41.3 Å². The summed E-state index contributed by atoms with van der Waals surface area (Å²) >= 11 is 0. The number of amides is 2. The number of carbonyl (C=O) groups is 2. The van der Waals surface area contributed by atoms with Gasteiger partial charge in [-0.05, 0) is 48.1 Å². The van der Waals surface area contributed by atoms with E-state index >= 15 is 0 Å². The fourth-order valence-corrected chi connectivity index (χ4v) is 4.45. The number of hydrogen-bond acceptors (Lipinski definition) is 4. The van der Waals surface area contributed by atoms with Crippen LogP contribution in [0.3, 0.4) is 0 Å². The van der Waals surface area contributed by atoms with Gasteiger partial charge in [-0.1, -0.05) is 73.7 Å². The number of aryl methyl sites for hydroxylation is 1. The van der Waals surface area contributed by atoms with E-state index in [9.17, 15) is 18.0 Å². The predicted octanol–water partition coefficient (Wildman–Crippen LogP) is 3.59. The van der Waals surface area contributed by atoms with Gasteiger partial charge in [0.1, 0.15) is 0 Å². The Morgan fingerprint density at radius 1 is 0.824 bits per heavy atom. The van der Waals surface area contributed by atoms with Crippen molar-refractivity contribution in [1.82, 2.24) is 15.6 Å². The van der Waals surface area contributed by atoms with Gasteiger partial charge in [0.2, 0.25) is 15.9 Å². The van der Waals surface area contributed by atoms with Crippen molar-refractivity contribution in [2.75, 3.05) is 0 Å². The zero-order chi connectivity index (χ0) is 24.4. The van der Waals surface area contributed by atoms with E-state index in [1.54, 1.807) is 0 Å². The van der Waals surface area contributed by atoms with E-state index in [0.717, 1.165) is 18.4 Å². The minimum atomic E-state index is -3.81. The topological polar surface area (TPSA) is 104 Å². The maximum Gasteiger partial charge on any atom is 0.269 e. The maximum atomic E-state index is 12.6. The third-order valence-electron chi connectivity index (χ3n) is 5.33. The van der Waals surface area contributed by atoms with E-state index in [-0.39, 0.29) is 35.2 Å². The van der Waals surface area contributed by atoms with Crippen molar-refractivity contribution in [3.8, 4) is 0 Å². The molecule has 3 aromatic carbocycles. The Bertz CT molecular complexity index is 1200. The summed E-state index contributed by atoms with van der Waals surface area (Å²) < 4.78 is 27.8. The number of carbonyl (C=O) groups excluding carboxylic acids is 2. The van der Waals surface area contributed by atoms with Crippen molar-refractivity contribution in [2.45, 2.75) is 37.6 Å². The molecule has 0 saturated heterocycles. The Labute approximate surface area is 200 Å². The summed E-state index contributed by atoms with van der Waals surface area (Å²) in [6.07, 6.45) is 1.99. The lowest BCUT2D eigenvalue weighted by Crippen LogP contribution is -2.42. The predicted molar refractivity (Wildman–Crippen MR) is 131 cm³/mol. The molecule has 0 bridgehead atoms. The third-order valence-corrected chi connectivity index (χ3v) is 6.73. The van der Waals surface area contributed by atoms with E-state index in [1.807, 2.05) is 55.5 Å². The largest absolute Gasteiger partial charge is 0.273 e. The maximum absolute atomic E-state index is 12.6. The minimum Gasteiger partial charge on any atom is -0.273 e. The molecule has 3 aromatic rings. The van der Waals surface area contributed by atoms with Crippen molar-refractivity contribution in [3.05, 3.63) is 102 Å². The van der Waals surface area contributed by atoms with Gasteiger partial charge in [-0.2, -0.15) is 0 Å². The number of hydrazine groups is 1. The van der Waals surface area contributed by atoms with Gasteiger partial charge in [-0.25, -0.2) is 13.1 Å². The highest BCUT2D eigenvalue weighted by Gasteiger charge is 2.17. The van der Waals surface area contributed by atoms with Crippen LogP contribution in [0.4, 0.5) is 0 Å². The summed E-state index contributed by atoms with van der Waals surface area (Å²) in [6.45, 7) is 2.12. The summed E-state index contributed by atoms with van der Waals surface area (Å²) in [5.74, 6) is -0.756. The molecule has 0 heterocycles. The number of benzene rings is 3. The average Bonchev–Trinajstić information content (AvgIpc) is 2.86. The van der Waals surface area contributed by atoms with Crippen molar-refractivity contribution in [2.24, 2.45) is 5.92 Å². The molecule has 8 heteroatoms. The zero-order valence-electron chi connectivity index (χ0n) is 19.0. The second kappa shape index (κ2) is 12.1. The number of sulfonamides is 1. The third kappa shape index (κ3) is 7.83. The lowest BCUT2D eigenvalue weighted by molar-refractivity contribution is -0.122. The Hall–Kier alpha value is -3.49. The highest BCUT2D eigenvalue weighted by molar-refractivity contribution is 7.89. The molecular weight excluding hydrogens is 450 g/mol. The second-order valence-electron chi connectivity index (χ2n) is 8.17. The summed E-state index contributed by atoms with van der Waals surface area (Å²) in [6, 6.07) is 24.9. The van der Waals surface area contributed by atoms with Gasteiger partial charge >= 0.3 is 0 Å². The lowest BCUT2D eigenvalue weighted by Gasteiger charge is -2.13. The smallest absolute Gasteiger partial charge is 0.269 e. The van der Waals surface area contributed by atoms with E-state index in [2.05, 4.69) is 27.7 Å². The van der Waals surface area contributed by atoms with Crippen LogP contribution in [0.2, 0.25) is 0 Å². The SMILES string of the molecule is CC(CCc1ccccc1)CC(=O)NNC(=O)c1cccc(S(=O)(=O)NCc2ccccc2)c1. The number of hydrogen-bond donors (Lipinski definition) is 3. The highest BCUT2D eigenvalue weighted by Crippen LogP contribution is 2.14. The molecule has 1 unspecified atom stereocenters. The lowest BCUT2D eigenvalue weighted by atomic mass is 9.98. The summed E-state index contributed by atoms with van der Waals surface area (Å²) in [7, 11) is -3.81. The van der Waals surface area contributed by atoms with E-state index < -0.39 is 15.9 Å². The summed E-state index contributed by atoms with van der Waals surface area (Å²) in [4.78, 5) is 24.6. The molecule has 0 fully saturated rings. The minimum absolute atomic E-state index is 0.0306. The standard InChI is InChI=1S/C26H29N3O4S/c1-20(15-16-21-9-4-2-5-10-21)17-25(30)28-29-26(31)23-13-8-14-24(18-23)34(32,33)27-19-22-11-6-3-7-12-22/h2-14,18,20,27H,15-17,19H2,1H3,(H,28,30)(H,29,31). The molecule has 0 radical (unpaired) electrons. The van der Waals surface area contributed by atoms with Crippen LogP contribution in [-0.4, -0.2) is 20.2 Å². The first kappa shape index (κ1) is 25.1. The molecule has 3 rings (SSSR count). The van der Waals surface area contributed by atoms with Gasteiger partial charge in [-0.15, -0.1) is 0 Å². The fourth-order valence-electron chi connectivity index (χ4n) is 3.39. The van der Waals surface area contributed by atoms with Gasteiger partial charge in [0.25, 0.3) is 5.91 Å². The van der Waals surface area contributed by atoms with Crippen LogP contribution in [0.15, 0.2) is 89.8 Å². The van der Waals surface area contributed by atoms with Crippen molar-refractivity contribution >= 4 is 21.8 Å². The first-order valence-electron chi connectivity index (χ1n) is 11.1. The molecule has 0 aliphatic heterocycles. The van der Waals surface area contributed by atoms with Crippen molar-refractivity contribution < 1.29 is 18.0 Å². The van der Waals surface area contributed by atoms with E-state index in [4.69, 9.17) is 0 Å². The molecule has 1 atom stereocenters. The fraction of sp³-hybridized carbons (Fsp3) is 0.231. The van der Waals surface area contributed by atoms with Crippen LogP contribution in [0.5, 0.6) is 0 Å². The van der Waals surface area contributed by atoms with Gasteiger partial charge in [0.05, 0.1) is 4.90 Å². The quantitative estimate of drug-likeness (QED) is 0.387. The molecule has 0 saturated carbocycles. The first-order valence-corrected chi connectivity index (χ1v) is 12.6. The van der Waals surface area contributed by atoms with Crippen molar-refractivity contribution in [1.29, 1.82) is 0 Å². The van der Waals surface area contributed by atoms with Gasteiger partial charge in [0, 0.05) is 18.5 Å². The monoisotopic (exact) mass is 479 g/mol. The highest BCUT2D eigenvalue weighted by atomic mass is 32.2. The van der Waals surface area contributed by atoms with E-state index in [1.165, 1.54) is 29.8 Å². The number of nitrogens with one attached hydrogen (secondary N) is 3. The molecule has 0 spiro atoms. The van der Waals surface area contributed by atoms with Gasteiger partial charge in [0.15, 0.2) is 0 Å². The Morgan fingerprint density at radius 3 is 2.15 bits per heavy atom. The Kier molecular flexibility index (Phi) is 8.95. The van der Waals surface area contributed by atoms with Crippen LogP contribution < -0.4 is 15.6 Å². The average molecular weight is 480 g/mol. The van der Waals surface area contributed by atoms with Crippen LogP contribution >= 0.6 is 0 Å². The normalized spacial score (nSPS) is 12.0. The number of rotatable bonds is 10. The molecule has 3 N–H and O–H groups in total. The van der Waals surface area contributed by atoms with Crippen molar-refractivity contribution in [3.63, 3.8) is 0 Å². The Morgan fingerprint density at radius 2 is 1.47 bits per heavy atom. The molecule has 34 heavy (non-hydrogen) atoms. The van der Waals surface area contributed by atoms with Crippen LogP contribution in [0.25, 0.3) is 0 Å². The van der Waals surface area contributed by atoms with Crippen LogP contribution in [0, 0.1) is 5.92 Å². The molecule has 0 aliphatic carbocycles. The molecular formula is C26H29N3O4S. The second-order valence-corrected chi connectivity index (χ2v) is 9.94. The van der Waals surface area contributed by atoms with Crippen LogP contribution in [-0.2, 0) is 27.8 Å². The molecule has 0 aliphatic rings. The molecule has 0 aromatic heterocycles. The first-order chi connectivity index (χ1) is 16.3. The summed E-state index contributed by atoms with van der Waals surface area (Å²) in [5, 5.41) is 0. The molecule has 7 nitrogen and oxygen atoms in total. The zero-order valence-corrected chi connectivity index (χ0v) is 19.8. The molecule has 2 amide bonds. The van der Waals surface area contributed by atoms with E-state index in [0.29, 0.717) is 0 Å².